The lowest BCUT2D eigenvalue weighted by molar-refractivity contribution is -0.136. The van der Waals surface area contributed by atoms with Gasteiger partial charge in [0.15, 0.2) is 0 Å². The monoisotopic (exact) mass is 348 g/mol. The van der Waals surface area contributed by atoms with Gasteiger partial charge in [-0.2, -0.15) is 5.10 Å². The second kappa shape index (κ2) is 9.16. The first-order valence-electron chi connectivity index (χ1n) is 7.42. The van der Waals surface area contributed by atoms with E-state index in [1.807, 2.05) is 25.3 Å². The average molecular weight is 348 g/mol. The Morgan fingerprint density at radius 3 is 2.24 bits per heavy atom. The molecule has 0 aromatic heterocycles. The molecule has 1 aromatic rings. The molecule has 0 saturated heterocycles. The molecular weight excluding hydrogens is 328 g/mol. The normalized spacial score (nSPS) is 11.7. The molecule has 0 radical (unpaired) electrons. The van der Waals surface area contributed by atoms with Crippen LogP contribution in [0.4, 0.5) is 5.69 Å². The summed E-state index contributed by atoms with van der Waals surface area (Å²) in [6.07, 6.45) is 0. The lowest BCUT2D eigenvalue weighted by Crippen LogP contribution is -2.34. The zero-order valence-electron chi connectivity index (χ0n) is 14.4. The van der Waals surface area contributed by atoms with Crippen LogP contribution in [0, 0.1) is 13.8 Å². The molecule has 1 aromatic carbocycles. The van der Waals surface area contributed by atoms with Gasteiger partial charge in [-0.05, 0) is 51.0 Å². The average Bonchev–Trinajstić information content (AvgIpc) is 2.52. The summed E-state index contributed by atoms with van der Waals surface area (Å²) in [5, 5.41) is 17.6. The minimum Gasteiger partial charge on any atom is -0.461 e. The van der Waals surface area contributed by atoms with Crippen molar-refractivity contribution in [1.29, 1.82) is 0 Å². The first kappa shape index (κ1) is 19.8. The zero-order chi connectivity index (χ0) is 19.0. The van der Waals surface area contributed by atoms with Crippen LogP contribution in [0.3, 0.4) is 0 Å². The number of oxime groups is 1. The van der Waals surface area contributed by atoms with Crippen LogP contribution in [0.15, 0.2) is 28.5 Å². The number of rotatable bonds is 5. The van der Waals surface area contributed by atoms with Crippen molar-refractivity contribution in [2.75, 3.05) is 11.9 Å². The second-order valence-electron chi connectivity index (χ2n) is 5.14. The van der Waals surface area contributed by atoms with Gasteiger partial charge in [-0.1, -0.05) is 11.2 Å². The molecule has 134 valence electrons. The van der Waals surface area contributed by atoms with Crippen molar-refractivity contribution in [3.8, 4) is 0 Å². The fourth-order valence-corrected chi connectivity index (χ4v) is 1.93. The van der Waals surface area contributed by atoms with E-state index in [1.165, 1.54) is 6.92 Å². The van der Waals surface area contributed by atoms with Crippen LogP contribution in [-0.4, -0.2) is 41.0 Å². The van der Waals surface area contributed by atoms with Crippen LogP contribution in [0.2, 0.25) is 0 Å². The number of benzene rings is 1. The Balaban J connectivity index is 2.74. The van der Waals surface area contributed by atoms with Crippen molar-refractivity contribution in [2.45, 2.75) is 27.7 Å². The quantitative estimate of drug-likeness (QED) is 0.241. The molecule has 0 aliphatic carbocycles. The lowest BCUT2D eigenvalue weighted by atomic mass is 10.1. The third-order valence-corrected chi connectivity index (χ3v) is 2.92. The number of anilines is 1. The second-order valence-corrected chi connectivity index (χ2v) is 5.14. The third-order valence-electron chi connectivity index (χ3n) is 2.92. The molecule has 0 unspecified atom stereocenters. The maximum atomic E-state index is 11.9. The van der Waals surface area contributed by atoms with Crippen LogP contribution in [0.1, 0.15) is 25.0 Å². The van der Waals surface area contributed by atoms with Crippen LogP contribution >= 0.6 is 0 Å². The molecule has 0 saturated carbocycles. The number of esters is 1. The van der Waals surface area contributed by atoms with E-state index in [-0.39, 0.29) is 12.3 Å². The van der Waals surface area contributed by atoms with E-state index >= 15 is 0 Å². The van der Waals surface area contributed by atoms with Crippen molar-refractivity contribution in [3.05, 3.63) is 29.3 Å². The zero-order valence-corrected chi connectivity index (χ0v) is 14.4. The largest absolute Gasteiger partial charge is 0.461 e. The Labute approximate surface area is 144 Å². The molecule has 0 bridgehead atoms. The van der Waals surface area contributed by atoms with Gasteiger partial charge in [-0.15, -0.1) is 0 Å². The van der Waals surface area contributed by atoms with Crippen LogP contribution in [0.5, 0.6) is 0 Å². The number of carbonyl (C=O) groups is 3. The minimum absolute atomic E-state index is 0.0792. The molecule has 0 aliphatic heterocycles. The van der Waals surface area contributed by atoms with Gasteiger partial charge in [0.05, 0.1) is 12.3 Å². The highest BCUT2D eigenvalue weighted by Crippen LogP contribution is 2.13. The molecule has 0 spiro atoms. The summed E-state index contributed by atoms with van der Waals surface area (Å²) in [6.45, 7) is 6.70. The fraction of sp³-hybridized carbons (Fsp3) is 0.312. The van der Waals surface area contributed by atoms with E-state index in [0.29, 0.717) is 5.69 Å². The van der Waals surface area contributed by atoms with E-state index in [1.54, 1.807) is 19.1 Å². The summed E-state index contributed by atoms with van der Waals surface area (Å²) in [6, 6.07) is 5.35. The van der Waals surface area contributed by atoms with Gasteiger partial charge >= 0.3 is 17.8 Å². The van der Waals surface area contributed by atoms with E-state index < -0.39 is 23.5 Å². The number of nitrogens with one attached hydrogen (secondary N) is 2. The van der Waals surface area contributed by atoms with E-state index in [2.05, 4.69) is 20.3 Å². The Morgan fingerprint density at radius 1 is 1.12 bits per heavy atom. The maximum absolute atomic E-state index is 11.9. The highest BCUT2D eigenvalue weighted by atomic mass is 16.5. The number of ether oxygens (including phenoxy) is 1. The number of hydrogen-bond donors (Lipinski definition) is 3. The number of amides is 2. The minimum atomic E-state index is -1.04. The summed E-state index contributed by atoms with van der Waals surface area (Å²) in [5.41, 5.74) is 3.73. The molecule has 25 heavy (non-hydrogen) atoms. The van der Waals surface area contributed by atoms with Crippen molar-refractivity contribution < 1.29 is 24.3 Å². The Bertz CT molecular complexity index is 720. The van der Waals surface area contributed by atoms with Crippen LogP contribution in [0.25, 0.3) is 0 Å². The summed E-state index contributed by atoms with van der Waals surface area (Å²) in [7, 11) is 0. The van der Waals surface area contributed by atoms with Crippen molar-refractivity contribution in [2.24, 2.45) is 10.3 Å². The van der Waals surface area contributed by atoms with E-state index in [9.17, 15) is 14.4 Å². The summed E-state index contributed by atoms with van der Waals surface area (Å²) >= 11 is 0. The lowest BCUT2D eigenvalue weighted by Gasteiger charge is -2.07. The fourth-order valence-electron chi connectivity index (χ4n) is 1.93. The van der Waals surface area contributed by atoms with Gasteiger partial charge in [0.2, 0.25) is 5.71 Å². The number of nitrogens with zero attached hydrogens (tertiary/aromatic N) is 2. The highest BCUT2D eigenvalue weighted by molar-refractivity contribution is 6.65. The van der Waals surface area contributed by atoms with Crippen molar-refractivity contribution >= 4 is 34.9 Å². The standard InChI is InChI=1S/C16H20N4O5/c1-5-25-16(23)13(20-24)11(4)18-19-15(22)14(21)17-12-7-9(2)6-10(3)8-12/h6-8,24H,5H2,1-4H3,(H,17,21)(H,19,22)/b18-11+,20-13-. The first-order chi connectivity index (χ1) is 11.8. The smallest absolute Gasteiger partial charge is 0.362 e. The highest BCUT2D eigenvalue weighted by Gasteiger charge is 2.19. The van der Waals surface area contributed by atoms with Gasteiger partial charge in [0, 0.05) is 5.69 Å². The predicted octanol–water partition coefficient (Wildman–Crippen LogP) is 1.13. The topological polar surface area (TPSA) is 129 Å². The molecule has 0 atom stereocenters. The molecule has 2 amide bonds. The van der Waals surface area contributed by atoms with Gasteiger partial charge in [0.1, 0.15) is 0 Å². The van der Waals surface area contributed by atoms with Gasteiger partial charge in [-0.25, -0.2) is 10.2 Å². The SMILES string of the molecule is CCOC(=O)C(=N\O)/C(C)=N/NC(=O)C(=O)Nc1cc(C)cc(C)c1. The summed E-state index contributed by atoms with van der Waals surface area (Å²) in [5.74, 6) is -2.87. The van der Waals surface area contributed by atoms with E-state index in [0.717, 1.165) is 11.1 Å². The Kier molecular flexibility index (Phi) is 7.26. The maximum Gasteiger partial charge on any atom is 0.362 e. The Morgan fingerprint density at radius 2 is 1.72 bits per heavy atom. The van der Waals surface area contributed by atoms with Crippen molar-refractivity contribution in [3.63, 3.8) is 0 Å². The molecule has 1 rings (SSSR count). The molecule has 0 fully saturated rings. The summed E-state index contributed by atoms with van der Waals surface area (Å²) < 4.78 is 4.67. The van der Waals surface area contributed by atoms with Gasteiger partial charge in [-0.3, -0.25) is 9.59 Å². The molecule has 0 heterocycles. The van der Waals surface area contributed by atoms with Gasteiger partial charge < -0.3 is 15.3 Å². The predicted molar refractivity (Wildman–Crippen MR) is 91.7 cm³/mol. The molecule has 0 aliphatic rings. The first-order valence-corrected chi connectivity index (χ1v) is 7.42. The van der Waals surface area contributed by atoms with Crippen LogP contribution < -0.4 is 10.7 Å². The van der Waals surface area contributed by atoms with E-state index in [4.69, 9.17) is 5.21 Å². The number of hydrazone groups is 1. The van der Waals surface area contributed by atoms with Crippen molar-refractivity contribution in [1.82, 2.24) is 5.43 Å². The molecule has 3 N–H and O–H groups in total. The van der Waals surface area contributed by atoms with Crippen LogP contribution in [-0.2, 0) is 19.1 Å². The van der Waals surface area contributed by atoms with Gasteiger partial charge in [0.25, 0.3) is 0 Å². The molecule has 9 heteroatoms. The Hall–Kier alpha value is -3.23. The molecular formula is C16H20N4O5. The third kappa shape index (κ3) is 6.05. The molecule has 9 nitrogen and oxygen atoms in total. The number of carbonyl (C=O) groups excluding carboxylic acids is 3. The summed E-state index contributed by atoms with van der Waals surface area (Å²) in [4.78, 5) is 35.2. The number of aryl methyl sites for hydroxylation is 2. The number of hydrogen-bond acceptors (Lipinski definition) is 7.